The molecular weight excluding hydrogens is 1710 g/mol. The molecule has 0 spiro atoms. The van der Waals surface area contributed by atoms with Crippen molar-refractivity contribution in [1.82, 2.24) is 90.5 Å². The average molecular weight is 1840 g/mol. The summed E-state index contributed by atoms with van der Waals surface area (Å²) in [6.45, 7) is 9.04. The molecule has 6 N–H and O–H groups in total. The number of carbonyl (C=O) groups excluding carboxylic acids is 4. The lowest BCUT2D eigenvalue weighted by atomic mass is 9.86. The van der Waals surface area contributed by atoms with E-state index in [9.17, 15) is 58.8 Å². The van der Waals surface area contributed by atoms with Crippen LogP contribution < -0.4 is 29.6 Å². The third kappa shape index (κ3) is 27.6. The maximum Gasteiger partial charge on any atom is 0.407 e. The van der Waals surface area contributed by atoms with Crippen molar-refractivity contribution in [3.05, 3.63) is 130 Å². The molecule has 38 heteroatoms. The summed E-state index contributed by atoms with van der Waals surface area (Å²) in [5.41, 5.74) is 11.1. The molecule has 8 aromatic heterocycles. The molecule has 7 aliphatic carbocycles. The van der Waals surface area contributed by atoms with E-state index in [0.717, 1.165) is 113 Å². The maximum absolute atomic E-state index is 12.3. The second kappa shape index (κ2) is 46.8. The summed E-state index contributed by atoms with van der Waals surface area (Å²) in [6.07, 6.45) is 21.7. The number of carbonyl (C=O) groups is 8. The molecule has 1 unspecified atom stereocenters. The largest absolute Gasteiger partial charge is 0.489 e. The van der Waals surface area contributed by atoms with Gasteiger partial charge in [0.15, 0.2) is 0 Å². The van der Waals surface area contributed by atoms with Crippen LogP contribution in [-0.4, -0.2) is 192 Å². The molecule has 7 fully saturated rings. The van der Waals surface area contributed by atoms with Gasteiger partial charge in [-0.05, 0) is 241 Å². The van der Waals surface area contributed by atoms with Crippen molar-refractivity contribution >= 4 is 48.0 Å². The molecule has 7 aliphatic rings. The molecule has 8 atom stereocenters. The summed E-state index contributed by atoms with van der Waals surface area (Å²) in [6, 6.07) is 24.0. The van der Waals surface area contributed by atoms with Crippen LogP contribution in [-0.2, 0) is 115 Å². The Morgan fingerprint density at radius 3 is 1.13 bits per heavy atom. The van der Waals surface area contributed by atoms with Crippen LogP contribution in [0.25, 0.3) is 45.6 Å². The van der Waals surface area contributed by atoms with Gasteiger partial charge in [0.2, 0.25) is 0 Å². The fourth-order valence-corrected chi connectivity index (χ4v) is 17.4. The van der Waals surface area contributed by atoms with Gasteiger partial charge >= 0.3 is 48.0 Å². The van der Waals surface area contributed by atoms with Crippen LogP contribution in [0.3, 0.4) is 0 Å². The number of alkyl carbamates (subject to hydrolysis) is 2. The molecule has 0 aliphatic heterocycles. The van der Waals surface area contributed by atoms with Gasteiger partial charge in [0.05, 0.1) is 156 Å². The lowest BCUT2D eigenvalue weighted by molar-refractivity contribution is -0.145. The van der Waals surface area contributed by atoms with Crippen molar-refractivity contribution in [2.24, 2.45) is 63.7 Å². The highest BCUT2D eigenvalue weighted by Gasteiger charge is 2.35. The van der Waals surface area contributed by atoms with Crippen LogP contribution in [0, 0.1) is 56.3 Å². The van der Waals surface area contributed by atoms with Crippen LogP contribution in [0.4, 0.5) is 9.59 Å². The number of esters is 2. The van der Waals surface area contributed by atoms with Gasteiger partial charge in [0.25, 0.3) is 0 Å². The first-order valence-corrected chi connectivity index (χ1v) is 46.4. The van der Waals surface area contributed by atoms with Gasteiger partial charge in [0, 0.05) is 28.2 Å². The number of benzene rings is 1. The molecule has 0 bridgehead atoms. The fraction of sp³-hybridized carbons (Fsp3) is 0.558. The number of carboxylic acid groups (broad SMARTS) is 4. The van der Waals surface area contributed by atoms with E-state index in [-0.39, 0.29) is 98.7 Å². The van der Waals surface area contributed by atoms with Crippen molar-refractivity contribution in [2.75, 3.05) is 13.2 Å². The first-order chi connectivity index (χ1) is 64.1. The first kappa shape index (κ1) is 97.5. The van der Waals surface area contributed by atoms with E-state index in [1.165, 1.54) is 19.3 Å². The van der Waals surface area contributed by atoms with E-state index >= 15 is 0 Å². The number of aryl methyl sites for hydroxylation is 8. The van der Waals surface area contributed by atoms with E-state index < -0.39 is 36.1 Å². The summed E-state index contributed by atoms with van der Waals surface area (Å²) in [5, 5.41) is 76.0. The SMILES string of the molecule is CCc1nc(-c2nnn(C)c2CNC(=O)OCc2ccccc2)ccc1O[C@H]1CCC[C@H](C(=O)O)C1.Cc1nc(-c2nnn(C)c2CC(=O)OCC2CCC2)ccc1O[C@H]1CCC[C@H](C(=O)O)C1.Cc1nc(-c2nnn(C)c2CC(=O)OCCC2CC2)ccc1O[C@H]1CCC[C@H](C(=O)O)C1.Cc1nc(-c2nnn(C)c2CNC(=O)OC2CCCC2)ccc1O[C@H]1CCCC(C(=O)O)C1. The van der Waals surface area contributed by atoms with Crippen LogP contribution in [0.5, 0.6) is 23.0 Å². The second-order valence-corrected chi connectivity index (χ2v) is 35.5. The Morgan fingerprint density at radius 2 is 0.744 bits per heavy atom. The Kier molecular flexibility index (Phi) is 34.3. The molecule has 7 saturated carbocycles. The molecule has 0 radical (unpaired) electrons. The van der Waals surface area contributed by atoms with Crippen molar-refractivity contribution < 1.29 is 96.7 Å². The quantitative estimate of drug-likeness (QED) is 0.0164. The van der Waals surface area contributed by atoms with Gasteiger partial charge in [0.1, 0.15) is 58.5 Å². The molecule has 2 amide bonds. The highest BCUT2D eigenvalue weighted by atomic mass is 16.6. The number of ether oxygens (including phenoxy) is 8. The molecular formula is C95H122N18O20. The molecule has 712 valence electrons. The molecule has 38 nitrogen and oxygen atoms in total. The Labute approximate surface area is 771 Å². The third-order valence-electron chi connectivity index (χ3n) is 25.6. The van der Waals surface area contributed by atoms with Gasteiger partial charge < -0.3 is 69.0 Å². The number of hydrogen-bond acceptors (Lipinski definition) is 28. The molecule has 0 saturated heterocycles. The number of pyridine rings is 4. The zero-order valence-corrected chi connectivity index (χ0v) is 76.9. The predicted octanol–water partition coefficient (Wildman–Crippen LogP) is 13.5. The van der Waals surface area contributed by atoms with Crippen LogP contribution in [0.1, 0.15) is 225 Å². The molecule has 8 heterocycles. The van der Waals surface area contributed by atoms with E-state index in [2.05, 4.69) is 66.8 Å². The normalized spacial score (nSPS) is 20.0. The summed E-state index contributed by atoms with van der Waals surface area (Å²) in [5.74, 6) is -1.28. The molecule has 16 rings (SSSR count). The van der Waals surface area contributed by atoms with Gasteiger partial charge in [-0.15, -0.1) is 20.4 Å². The van der Waals surface area contributed by atoms with Crippen LogP contribution in [0.2, 0.25) is 0 Å². The lowest BCUT2D eigenvalue weighted by Gasteiger charge is -2.28. The minimum Gasteiger partial charge on any atom is -0.489 e. The fourth-order valence-electron chi connectivity index (χ4n) is 17.4. The van der Waals surface area contributed by atoms with Crippen molar-refractivity contribution in [3.63, 3.8) is 0 Å². The van der Waals surface area contributed by atoms with Crippen LogP contribution >= 0.6 is 0 Å². The van der Waals surface area contributed by atoms with E-state index in [0.29, 0.717) is 186 Å². The van der Waals surface area contributed by atoms with Gasteiger partial charge in [-0.1, -0.05) is 77.4 Å². The standard InChI is InChI=1S/C26H31N5O5.C23H31N5O5.2C23H30N4O5/c1-3-20-23(36-19-11-7-10-18(14-19)25(32)33)13-12-21(28-20)24-22(31(2)30-29-24)15-27-26(34)35-16-17-8-5-4-6-9-17;1-14-20(32-17-9-5-6-15(12-17)22(29)30)11-10-18(25-14)21-19(28(2)27-26-21)13-24-23(31)33-16-7-3-4-8-16;1-14-20(32-17-8-4-7-16(11-17)23(29)30)10-9-18(24-14)22-19(27(2)26-25-22)12-21(28)31-13-15-5-3-6-15;1-14-20(32-17-5-3-4-16(12-17)23(29)30)9-8-18(24-14)22-19(27(2)26-25-22)13-21(28)31-11-10-15-6-7-15/h4-6,8-9,12-13,18-19H,3,7,10-11,14-16H2,1-2H3,(H,27,34)(H,32,33);10-11,15-17H,3-9,12-13H2,1-2H3,(H,24,31)(H,29,30);9-10,15-17H,3-8,11-13H2,1-2H3,(H,29,30);8-9,15-17H,3-7,10-13H2,1-2H3,(H,29,30)/t18-,19-;15?,17-;2*16-,17-/m0000/s1. The van der Waals surface area contributed by atoms with Gasteiger partial charge in [-0.2, -0.15) is 0 Å². The highest BCUT2D eigenvalue weighted by molar-refractivity contribution is 5.77. The van der Waals surface area contributed by atoms with Gasteiger partial charge in [-0.25, -0.2) is 38.9 Å². The first-order valence-electron chi connectivity index (χ1n) is 46.4. The van der Waals surface area contributed by atoms with Crippen molar-refractivity contribution in [1.29, 1.82) is 0 Å². The Bertz CT molecular complexity index is 5490. The van der Waals surface area contributed by atoms with Gasteiger partial charge in [-0.3, -0.25) is 38.1 Å². The summed E-state index contributed by atoms with van der Waals surface area (Å²) in [4.78, 5) is 113. The lowest BCUT2D eigenvalue weighted by Crippen LogP contribution is -2.29. The number of carboxylic acids is 4. The topological polar surface area (TPSA) is 490 Å². The summed E-state index contributed by atoms with van der Waals surface area (Å²) >= 11 is 0. The van der Waals surface area contributed by atoms with Crippen molar-refractivity contribution in [3.8, 4) is 68.5 Å². The third-order valence-corrected chi connectivity index (χ3v) is 25.6. The summed E-state index contributed by atoms with van der Waals surface area (Å²) in [7, 11) is 7.01. The number of aromatic nitrogens is 16. The van der Waals surface area contributed by atoms with E-state index in [1.807, 2.05) is 94.4 Å². The second-order valence-electron chi connectivity index (χ2n) is 35.5. The van der Waals surface area contributed by atoms with Crippen LogP contribution in [0.15, 0.2) is 78.9 Å². The number of nitrogens with one attached hydrogen (secondary N) is 2. The Hall–Kier alpha value is -13.1. The Morgan fingerprint density at radius 1 is 0.383 bits per heavy atom. The molecule has 9 aromatic rings. The monoisotopic (exact) mass is 1830 g/mol. The number of nitrogens with zero attached hydrogens (tertiary/aromatic N) is 16. The average Bonchev–Trinajstić information content (AvgIpc) is 1.72. The number of rotatable bonds is 33. The number of amides is 2. The minimum absolute atomic E-state index is 0.000866. The minimum atomic E-state index is -0.764. The zero-order valence-electron chi connectivity index (χ0n) is 76.9. The Balaban J connectivity index is 0.000000151. The molecule has 133 heavy (non-hydrogen) atoms. The maximum atomic E-state index is 12.3. The molecule has 1 aromatic carbocycles. The highest BCUT2D eigenvalue weighted by Crippen LogP contribution is 2.38. The predicted molar refractivity (Wildman–Crippen MR) is 480 cm³/mol. The number of aliphatic carboxylic acids is 4. The van der Waals surface area contributed by atoms with E-state index in [4.69, 9.17) is 42.9 Å². The smallest absolute Gasteiger partial charge is 0.407 e. The summed E-state index contributed by atoms with van der Waals surface area (Å²) < 4.78 is 52.4. The van der Waals surface area contributed by atoms with E-state index in [1.54, 1.807) is 59.1 Å². The number of hydrogen-bond donors (Lipinski definition) is 6. The van der Waals surface area contributed by atoms with Crippen molar-refractivity contribution in [2.45, 2.75) is 264 Å². The zero-order chi connectivity index (χ0) is 94.2.